The van der Waals surface area contributed by atoms with Crippen molar-refractivity contribution >= 4 is 22.4 Å². The van der Waals surface area contributed by atoms with E-state index in [-0.39, 0.29) is 0 Å². The summed E-state index contributed by atoms with van der Waals surface area (Å²) >= 11 is 0. The highest BCUT2D eigenvalue weighted by Gasteiger charge is 2.21. The van der Waals surface area contributed by atoms with Gasteiger partial charge in [-0.05, 0) is 55.4 Å². The molecule has 0 bridgehead atoms. The molecule has 1 aliphatic rings. The van der Waals surface area contributed by atoms with Gasteiger partial charge in [-0.2, -0.15) is 0 Å². The second-order valence-electron chi connectivity index (χ2n) is 7.67. The molecule has 152 valence electrons. The first-order valence-corrected chi connectivity index (χ1v) is 10.5. The Morgan fingerprint density at radius 1 is 1.14 bits per heavy atom. The fraction of sp³-hybridized carbons (Fsp3) is 0.435. The van der Waals surface area contributed by atoms with Gasteiger partial charge < -0.3 is 15.0 Å². The largest absolute Gasteiger partial charge is 0.497 e. The van der Waals surface area contributed by atoms with E-state index in [1.54, 1.807) is 7.11 Å². The number of methoxy groups -OCH3 is 1. The number of aromatic nitrogens is 4. The molecule has 6 heteroatoms. The molecule has 0 saturated heterocycles. The van der Waals surface area contributed by atoms with Gasteiger partial charge in [0.2, 0.25) is 0 Å². The average molecular weight is 392 g/mol. The third-order valence-corrected chi connectivity index (χ3v) is 5.62. The summed E-state index contributed by atoms with van der Waals surface area (Å²) in [5, 5.41) is 8.77. The molecule has 1 aliphatic carbocycles. The number of nitrogens with two attached hydrogens (primary N) is 1. The number of anilines is 1. The summed E-state index contributed by atoms with van der Waals surface area (Å²) in [6.07, 6.45) is 9.99. The molecule has 0 radical (unpaired) electrons. The van der Waals surface area contributed by atoms with E-state index in [4.69, 9.17) is 15.5 Å². The summed E-state index contributed by atoms with van der Waals surface area (Å²) < 4.78 is 7.60. The van der Waals surface area contributed by atoms with Gasteiger partial charge >= 0.3 is 0 Å². The zero-order chi connectivity index (χ0) is 20.2. The van der Waals surface area contributed by atoms with E-state index in [2.05, 4.69) is 39.9 Å². The third kappa shape index (κ3) is 3.97. The number of fused-ring (bicyclic) bond motifs is 1. The summed E-state index contributed by atoms with van der Waals surface area (Å²) in [6.45, 7) is 2.93. The maximum Gasteiger partial charge on any atom is 0.174 e. The van der Waals surface area contributed by atoms with Crippen molar-refractivity contribution in [3.8, 4) is 5.75 Å². The molecule has 6 nitrogen and oxygen atoms in total. The first-order valence-electron chi connectivity index (χ1n) is 10.5. The number of unbranched alkanes of at least 4 members (excludes halogenated alkanes) is 1. The minimum Gasteiger partial charge on any atom is -0.497 e. The highest BCUT2D eigenvalue weighted by molar-refractivity contribution is 5.93. The lowest BCUT2D eigenvalue weighted by Gasteiger charge is -2.15. The van der Waals surface area contributed by atoms with Crippen LogP contribution in [0, 0.1) is 0 Å². The number of ether oxygens (including phenoxy) is 1. The molecule has 0 saturated carbocycles. The highest BCUT2D eigenvalue weighted by Crippen LogP contribution is 2.33. The summed E-state index contributed by atoms with van der Waals surface area (Å²) in [7, 11) is 1.69. The lowest BCUT2D eigenvalue weighted by atomic mass is 9.96. The van der Waals surface area contributed by atoms with Crippen molar-refractivity contribution in [2.24, 2.45) is 0 Å². The fourth-order valence-corrected chi connectivity index (χ4v) is 4.00. The van der Waals surface area contributed by atoms with E-state index in [9.17, 15) is 0 Å². The summed E-state index contributed by atoms with van der Waals surface area (Å²) in [5.74, 6) is 2.32. The molecule has 0 unspecified atom stereocenters. The van der Waals surface area contributed by atoms with Gasteiger partial charge in [0.1, 0.15) is 28.3 Å². The Morgan fingerprint density at radius 2 is 1.97 bits per heavy atom. The first-order chi connectivity index (χ1) is 14.2. The number of hydrogen-bond acceptors (Lipinski definition) is 5. The molecule has 4 rings (SSSR count). The molecule has 3 aromatic rings. The number of imidazole rings is 1. The van der Waals surface area contributed by atoms with E-state index >= 15 is 0 Å². The van der Waals surface area contributed by atoms with Crippen LogP contribution in [0.15, 0.2) is 30.3 Å². The van der Waals surface area contributed by atoms with Crippen molar-refractivity contribution in [3.05, 3.63) is 47.4 Å². The summed E-state index contributed by atoms with van der Waals surface area (Å²) in [5.41, 5.74) is 11.4. The fourth-order valence-electron chi connectivity index (χ4n) is 4.00. The molecule has 2 heterocycles. The van der Waals surface area contributed by atoms with Gasteiger partial charge in [0.15, 0.2) is 5.82 Å². The van der Waals surface area contributed by atoms with Crippen LogP contribution in [-0.4, -0.2) is 26.9 Å². The molecule has 0 amide bonds. The van der Waals surface area contributed by atoms with Crippen LogP contribution < -0.4 is 10.5 Å². The molecule has 0 spiro atoms. The lowest BCUT2D eigenvalue weighted by molar-refractivity contribution is 0.414. The van der Waals surface area contributed by atoms with Crippen molar-refractivity contribution in [1.29, 1.82) is 0 Å². The maximum absolute atomic E-state index is 6.21. The smallest absolute Gasteiger partial charge is 0.174 e. The molecule has 0 aliphatic heterocycles. The second-order valence-corrected chi connectivity index (χ2v) is 7.67. The molecule has 2 N–H and O–H groups in total. The molecule has 1 aromatic carbocycles. The van der Waals surface area contributed by atoms with Gasteiger partial charge in [-0.15, -0.1) is 10.2 Å². The molecular weight excluding hydrogens is 362 g/mol. The number of nitrogen functional groups attached to an aromatic ring is 1. The average Bonchev–Trinajstić information content (AvgIpc) is 3.13. The van der Waals surface area contributed by atoms with Gasteiger partial charge in [-0.1, -0.05) is 31.6 Å². The number of rotatable bonds is 7. The number of nitrogens with zero attached hydrogens (tertiary/aromatic N) is 4. The Hall–Kier alpha value is -2.89. The number of allylic oxidation sites excluding steroid dienone is 2. The lowest BCUT2D eigenvalue weighted by Crippen LogP contribution is -2.09. The first kappa shape index (κ1) is 19.4. The number of benzene rings is 1. The zero-order valence-corrected chi connectivity index (χ0v) is 17.3. The molecule has 0 fully saturated rings. The van der Waals surface area contributed by atoms with Crippen molar-refractivity contribution in [2.75, 3.05) is 12.8 Å². The van der Waals surface area contributed by atoms with Crippen LogP contribution >= 0.6 is 0 Å². The van der Waals surface area contributed by atoms with E-state index in [1.807, 2.05) is 12.1 Å². The van der Waals surface area contributed by atoms with E-state index in [1.165, 1.54) is 24.0 Å². The topological polar surface area (TPSA) is 78.9 Å². The van der Waals surface area contributed by atoms with Crippen molar-refractivity contribution < 1.29 is 4.74 Å². The Balaban J connectivity index is 1.85. The Bertz CT molecular complexity index is 1020. The predicted molar refractivity (Wildman–Crippen MR) is 117 cm³/mol. The normalized spacial score (nSPS) is 14.2. The minimum atomic E-state index is 0.409. The number of aryl methyl sites for hydroxylation is 1. The van der Waals surface area contributed by atoms with Crippen LogP contribution in [-0.2, 0) is 13.0 Å². The zero-order valence-electron chi connectivity index (χ0n) is 17.3. The quantitative estimate of drug-likeness (QED) is 0.628. The second kappa shape index (κ2) is 8.64. The van der Waals surface area contributed by atoms with Crippen LogP contribution in [0.2, 0.25) is 0 Å². The van der Waals surface area contributed by atoms with Crippen LogP contribution in [0.25, 0.3) is 16.6 Å². The van der Waals surface area contributed by atoms with Gasteiger partial charge in [-0.3, -0.25) is 0 Å². The van der Waals surface area contributed by atoms with Gasteiger partial charge in [0.05, 0.1) is 7.11 Å². The van der Waals surface area contributed by atoms with Crippen LogP contribution in [0.3, 0.4) is 0 Å². The van der Waals surface area contributed by atoms with Crippen molar-refractivity contribution in [3.63, 3.8) is 0 Å². The molecular formula is C23H29N5O. The summed E-state index contributed by atoms with van der Waals surface area (Å²) in [4.78, 5) is 4.92. The van der Waals surface area contributed by atoms with Gasteiger partial charge in [0.25, 0.3) is 0 Å². The maximum atomic E-state index is 6.21. The summed E-state index contributed by atoms with van der Waals surface area (Å²) in [6, 6.07) is 8.20. The van der Waals surface area contributed by atoms with E-state index < -0.39 is 0 Å². The van der Waals surface area contributed by atoms with Crippen LogP contribution in [0.5, 0.6) is 5.75 Å². The van der Waals surface area contributed by atoms with Gasteiger partial charge in [0, 0.05) is 13.0 Å². The molecule has 0 atom stereocenters. The molecule has 29 heavy (non-hydrogen) atoms. The standard InChI is InChI=1S/C23H29N5O/c1-3-4-10-19-25-21-22(28(19)15-16-11-13-18(29-2)14-12-16)20(26-27-23(21)24)17-8-6-5-7-9-17/h8,11-14H,3-7,9-10,15H2,1-2H3,(H2,24,27). The Kier molecular flexibility index (Phi) is 5.79. The van der Waals surface area contributed by atoms with Crippen LogP contribution in [0.4, 0.5) is 5.82 Å². The van der Waals surface area contributed by atoms with Crippen molar-refractivity contribution in [2.45, 2.75) is 58.4 Å². The van der Waals surface area contributed by atoms with Crippen LogP contribution in [0.1, 0.15) is 62.5 Å². The SMILES string of the molecule is CCCCc1nc2c(N)nnc(C3=CCCCC3)c2n1Cc1ccc(OC)cc1. The Morgan fingerprint density at radius 3 is 2.66 bits per heavy atom. The van der Waals surface area contributed by atoms with E-state index in [0.29, 0.717) is 5.82 Å². The van der Waals surface area contributed by atoms with Crippen molar-refractivity contribution in [1.82, 2.24) is 19.7 Å². The predicted octanol–water partition coefficient (Wildman–Crippen LogP) is 4.77. The molecule has 2 aromatic heterocycles. The van der Waals surface area contributed by atoms with Gasteiger partial charge in [-0.25, -0.2) is 4.98 Å². The number of hydrogen-bond donors (Lipinski definition) is 1. The Labute approximate surface area is 171 Å². The monoisotopic (exact) mass is 391 g/mol. The highest BCUT2D eigenvalue weighted by atomic mass is 16.5. The van der Waals surface area contributed by atoms with E-state index in [0.717, 1.165) is 67.0 Å². The third-order valence-electron chi connectivity index (χ3n) is 5.62. The minimum absolute atomic E-state index is 0.409.